The molecule has 0 saturated carbocycles. The van der Waals surface area contributed by atoms with Crippen molar-refractivity contribution >= 4 is 5.78 Å². The van der Waals surface area contributed by atoms with Crippen LogP contribution in [0, 0.1) is 0 Å². The van der Waals surface area contributed by atoms with Gasteiger partial charge in [0.25, 0.3) is 0 Å². The Hall–Kier alpha value is -1.77. The van der Waals surface area contributed by atoms with E-state index in [1.807, 2.05) is 0 Å². The van der Waals surface area contributed by atoms with Crippen molar-refractivity contribution in [2.45, 2.75) is 6.92 Å². The molecule has 0 aromatic heterocycles. The number of rotatable bonds is 2. The molecule has 0 fully saturated rings. The molecule has 1 rings (SSSR count). The second-order valence-corrected chi connectivity index (χ2v) is 2.57. The van der Waals surface area contributed by atoms with E-state index in [0.717, 1.165) is 6.07 Å². The van der Waals surface area contributed by atoms with Gasteiger partial charge < -0.3 is 10.2 Å². The smallest absolute Gasteiger partial charge is 0.189 e. The molecule has 0 spiro atoms. The van der Waals surface area contributed by atoms with Crippen LogP contribution in [0.1, 0.15) is 17.3 Å². The van der Waals surface area contributed by atoms with Crippen molar-refractivity contribution in [1.29, 1.82) is 0 Å². The SMILES string of the molecule is CC=CC(=O)c1ccc(O)cc1O. The van der Waals surface area contributed by atoms with Crippen molar-refractivity contribution in [3.05, 3.63) is 35.9 Å². The standard InChI is InChI=1S/C10H10O3/c1-2-3-9(12)8-5-4-7(11)6-10(8)13/h2-6,11,13H,1H3. The molecular formula is C10H10O3. The van der Waals surface area contributed by atoms with Gasteiger partial charge in [-0.1, -0.05) is 6.08 Å². The largest absolute Gasteiger partial charge is 0.508 e. The molecule has 0 aliphatic heterocycles. The molecule has 0 amide bonds. The summed E-state index contributed by atoms with van der Waals surface area (Å²) in [5.41, 5.74) is 0.191. The Bertz CT molecular complexity index is 353. The number of phenolic OH excluding ortho intramolecular Hbond substituents is 2. The number of carbonyl (C=O) groups is 1. The molecule has 3 heteroatoms. The van der Waals surface area contributed by atoms with Gasteiger partial charge in [-0.3, -0.25) is 4.79 Å². The van der Waals surface area contributed by atoms with Crippen LogP contribution >= 0.6 is 0 Å². The minimum Gasteiger partial charge on any atom is -0.508 e. The Kier molecular flexibility index (Phi) is 2.69. The summed E-state index contributed by atoms with van der Waals surface area (Å²) in [5, 5.41) is 18.2. The van der Waals surface area contributed by atoms with E-state index in [1.54, 1.807) is 13.0 Å². The summed E-state index contributed by atoms with van der Waals surface area (Å²) in [6, 6.07) is 3.88. The first-order valence-electron chi connectivity index (χ1n) is 3.84. The Morgan fingerprint density at radius 1 is 1.38 bits per heavy atom. The van der Waals surface area contributed by atoms with Crippen LogP contribution in [-0.4, -0.2) is 16.0 Å². The van der Waals surface area contributed by atoms with Crippen molar-refractivity contribution in [1.82, 2.24) is 0 Å². The molecule has 0 unspecified atom stereocenters. The van der Waals surface area contributed by atoms with Gasteiger partial charge in [-0.05, 0) is 25.1 Å². The number of hydrogen-bond acceptors (Lipinski definition) is 3. The zero-order valence-electron chi connectivity index (χ0n) is 7.19. The monoisotopic (exact) mass is 178 g/mol. The minimum absolute atomic E-state index is 0.0606. The third kappa shape index (κ3) is 2.08. The summed E-state index contributed by atoms with van der Waals surface area (Å²) >= 11 is 0. The predicted molar refractivity (Wildman–Crippen MR) is 48.9 cm³/mol. The third-order valence-electron chi connectivity index (χ3n) is 1.56. The molecule has 13 heavy (non-hydrogen) atoms. The number of aromatic hydroxyl groups is 2. The van der Waals surface area contributed by atoms with E-state index in [2.05, 4.69) is 0 Å². The average molecular weight is 178 g/mol. The number of allylic oxidation sites excluding steroid dienone is 2. The highest BCUT2D eigenvalue weighted by Crippen LogP contribution is 2.22. The Morgan fingerprint density at radius 2 is 2.08 bits per heavy atom. The highest BCUT2D eigenvalue weighted by atomic mass is 16.3. The van der Waals surface area contributed by atoms with Crippen molar-refractivity contribution < 1.29 is 15.0 Å². The first kappa shape index (κ1) is 9.32. The lowest BCUT2D eigenvalue weighted by Crippen LogP contribution is -1.93. The van der Waals surface area contributed by atoms with Gasteiger partial charge in [-0.2, -0.15) is 0 Å². The van der Waals surface area contributed by atoms with Gasteiger partial charge in [-0.25, -0.2) is 0 Å². The summed E-state index contributed by atoms with van der Waals surface area (Å²) in [7, 11) is 0. The molecule has 1 aromatic carbocycles. The van der Waals surface area contributed by atoms with E-state index < -0.39 is 0 Å². The van der Waals surface area contributed by atoms with Crippen LogP contribution in [0.25, 0.3) is 0 Å². The summed E-state index contributed by atoms with van der Waals surface area (Å²) in [5.74, 6) is -0.544. The van der Waals surface area contributed by atoms with Crippen LogP contribution in [0.2, 0.25) is 0 Å². The first-order chi connectivity index (χ1) is 6.15. The molecule has 0 aliphatic rings. The Morgan fingerprint density at radius 3 is 2.62 bits per heavy atom. The van der Waals surface area contributed by atoms with Crippen LogP contribution in [-0.2, 0) is 0 Å². The Balaban J connectivity index is 3.09. The van der Waals surface area contributed by atoms with E-state index in [0.29, 0.717) is 0 Å². The fourth-order valence-corrected chi connectivity index (χ4v) is 0.970. The first-order valence-corrected chi connectivity index (χ1v) is 3.84. The van der Waals surface area contributed by atoms with Crippen molar-refractivity contribution in [2.75, 3.05) is 0 Å². The number of hydrogen-bond donors (Lipinski definition) is 2. The molecule has 0 aliphatic carbocycles. The zero-order valence-corrected chi connectivity index (χ0v) is 7.19. The van der Waals surface area contributed by atoms with Crippen molar-refractivity contribution in [3.8, 4) is 11.5 Å². The summed E-state index contributed by atoms with van der Waals surface area (Å²) in [6.45, 7) is 1.72. The Labute approximate surface area is 76.0 Å². The fourth-order valence-electron chi connectivity index (χ4n) is 0.970. The van der Waals surface area contributed by atoms with E-state index in [1.165, 1.54) is 18.2 Å². The lowest BCUT2D eigenvalue weighted by atomic mass is 10.1. The van der Waals surface area contributed by atoms with Crippen LogP contribution in [0.3, 0.4) is 0 Å². The number of carbonyl (C=O) groups excluding carboxylic acids is 1. The summed E-state index contributed by atoms with van der Waals surface area (Å²) in [4.78, 5) is 11.2. The minimum atomic E-state index is -0.278. The third-order valence-corrected chi connectivity index (χ3v) is 1.56. The highest BCUT2D eigenvalue weighted by molar-refractivity contribution is 6.06. The predicted octanol–water partition coefficient (Wildman–Crippen LogP) is 1.86. The number of phenols is 2. The zero-order chi connectivity index (χ0) is 9.84. The molecule has 0 bridgehead atoms. The molecule has 0 saturated heterocycles. The maximum atomic E-state index is 11.2. The number of benzene rings is 1. The normalized spacial score (nSPS) is 10.5. The lowest BCUT2D eigenvalue weighted by Gasteiger charge is -2.00. The topological polar surface area (TPSA) is 57.5 Å². The average Bonchev–Trinajstić information content (AvgIpc) is 2.04. The van der Waals surface area contributed by atoms with E-state index >= 15 is 0 Å². The second kappa shape index (κ2) is 3.76. The van der Waals surface area contributed by atoms with Crippen LogP contribution in [0.4, 0.5) is 0 Å². The molecule has 1 aromatic rings. The van der Waals surface area contributed by atoms with E-state index in [-0.39, 0.29) is 22.8 Å². The second-order valence-electron chi connectivity index (χ2n) is 2.57. The number of ketones is 1. The molecule has 3 nitrogen and oxygen atoms in total. The molecule has 0 heterocycles. The summed E-state index contributed by atoms with van der Waals surface area (Å²) < 4.78 is 0. The van der Waals surface area contributed by atoms with Crippen LogP contribution in [0.5, 0.6) is 11.5 Å². The molecular weight excluding hydrogens is 168 g/mol. The van der Waals surface area contributed by atoms with Gasteiger partial charge in [-0.15, -0.1) is 0 Å². The highest BCUT2D eigenvalue weighted by Gasteiger charge is 2.07. The summed E-state index contributed by atoms with van der Waals surface area (Å²) in [6.07, 6.45) is 2.95. The van der Waals surface area contributed by atoms with Gasteiger partial charge >= 0.3 is 0 Å². The van der Waals surface area contributed by atoms with E-state index in [4.69, 9.17) is 5.11 Å². The van der Waals surface area contributed by atoms with Gasteiger partial charge in [0, 0.05) is 6.07 Å². The van der Waals surface area contributed by atoms with Crippen LogP contribution < -0.4 is 0 Å². The molecule has 68 valence electrons. The fraction of sp³-hybridized carbons (Fsp3) is 0.100. The quantitative estimate of drug-likeness (QED) is 0.536. The van der Waals surface area contributed by atoms with Gasteiger partial charge in [0.1, 0.15) is 11.5 Å². The lowest BCUT2D eigenvalue weighted by molar-refractivity contribution is 0.104. The van der Waals surface area contributed by atoms with E-state index in [9.17, 15) is 9.90 Å². The van der Waals surface area contributed by atoms with Crippen LogP contribution in [0.15, 0.2) is 30.4 Å². The molecule has 0 radical (unpaired) electrons. The van der Waals surface area contributed by atoms with Gasteiger partial charge in [0.2, 0.25) is 0 Å². The maximum absolute atomic E-state index is 11.2. The van der Waals surface area contributed by atoms with Gasteiger partial charge in [0.05, 0.1) is 5.56 Å². The molecule has 2 N–H and O–H groups in total. The van der Waals surface area contributed by atoms with Crippen molar-refractivity contribution in [2.24, 2.45) is 0 Å². The van der Waals surface area contributed by atoms with Gasteiger partial charge in [0.15, 0.2) is 5.78 Å². The van der Waals surface area contributed by atoms with Crippen molar-refractivity contribution in [3.63, 3.8) is 0 Å². The molecule has 0 atom stereocenters. The maximum Gasteiger partial charge on any atom is 0.189 e.